The van der Waals surface area contributed by atoms with Gasteiger partial charge in [-0.1, -0.05) is 36.4 Å². The molecule has 2 aromatic rings. The molecule has 1 aromatic heterocycles. The van der Waals surface area contributed by atoms with Gasteiger partial charge in [-0.2, -0.15) is 10.5 Å². The van der Waals surface area contributed by atoms with Crippen molar-refractivity contribution < 1.29 is 13.9 Å². The van der Waals surface area contributed by atoms with Gasteiger partial charge in [0.25, 0.3) is 0 Å². The highest BCUT2D eigenvalue weighted by atomic mass is 16.5. The van der Waals surface area contributed by atoms with Crippen molar-refractivity contribution in [3.05, 3.63) is 66.1 Å². The Morgan fingerprint density at radius 1 is 1.23 bits per heavy atom. The Morgan fingerprint density at radius 2 is 1.96 bits per heavy atom. The van der Waals surface area contributed by atoms with Gasteiger partial charge in [-0.15, -0.1) is 0 Å². The number of carbonyl (C=O) groups is 1. The fourth-order valence-corrected chi connectivity index (χ4v) is 3.44. The summed E-state index contributed by atoms with van der Waals surface area (Å²) >= 11 is 0. The zero-order valence-electron chi connectivity index (χ0n) is 14.4. The van der Waals surface area contributed by atoms with Crippen LogP contribution in [0.3, 0.4) is 0 Å². The number of furan rings is 1. The lowest BCUT2D eigenvalue weighted by molar-refractivity contribution is -0.149. The van der Waals surface area contributed by atoms with Crippen molar-refractivity contribution in [1.29, 1.82) is 10.5 Å². The Hall–Kier alpha value is -3.31. The number of carbonyl (C=O) groups excluding carboxylic acids is 1. The van der Waals surface area contributed by atoms with Gasteiger partial charge in [0, 0.05) is 5.92 Å². The van der Waals surface area contributed by atoms with E-state index >= 15 is 0 Å². The lowest BCUT2D eigenvalue weighted by atomic mass is 9.64. The summed E-state index contributed by atoms with van der Waals surface area (Å²) in [7, 11) is 0. The van der Waals surface area contributed by atoms with Gasteiger partial charge in [0.05, 0.1) is 30.9 Å². The highest BCUT2D eigenvalue weighted by Gasteiger charge is 2.48. The molecule has 0 amide bonds. The molecule has 26 heavy (non-hydrogen) atoms. The molecule has 0 radical (unpaired) electrons. The minimum Gasteiger partial charge on any atom is -0.469 e. The number of nitriles is 2. The number of esters is 1. The summed E-state index contributed by atoms with van der Waals surface area (Å²) in [5.74, 6) is -0.866. The molecule has 1 aromatic carbocycles. The maximum Gasteiger partial charge on any atom is 0.310 e. The molecule has 0 saturated heterocycles. The summed E-state index contributed by atoms with van der Waals surface area (Å²) in [6.45, 7) is 1.97. The topological polar surface area (TPSA) is 87.0 Å². The van der Waals surface area contributed by atoms with Crippen LogP contribution in [0.1, 0.15) is 30.6 Å². The third kappa shape index (κ3) is 3.00. The minimum atomic E-state index is -1.41. The second-order valence-corrected chi connectivity index (χ2v) is 6.18. The lowest BCUT2D eigenvalue weighted by Gasteiger charge is -2.35. The van der Waals surface area contributed by atoms with E-state index in [4.69, 9.17) is 9.15 Å². The van der Waals surface area contributed by atoms with E-state index < -0.39 is 23.2 Å². The molecule has 0 fully saturated rings. The summed E-state index contributed by atoms with van der Waals surface area (Å²) in [6.07, 6.45) is 3.42. The van der Waals surface area contributed by atoms with Crippen molar-refractivity contribution >= 4 is 11.5 Å². The number of nitrogens with zero attached hydrogens (tertiary/aromatic N) is 2. The molecule has 5 heteroatoms. The molecule has 5 nitrogen and oxygen atoms in total. The van der Waals surface area contributed by atoms with E-state index in [1.54, 1.807) is 25.3 Å². The Labute approximate surface area is 152 Å². The highest BCUT2D eigenvalue weighted by Crippen LogP contribution is 2.50. The monoisotopic (exact) mass is 346 g/mol. The van der Waals surface area contributed by atoms with Crippen molar-refractivity contribution in [1.82, 2.24) is 0 Å². The van der Waals surface area contributed by atoms with E-state index in [-0.39, 0.29) is 13.0 Å². The smallest absolute Gasteiger partial charge is 0.310 e. The molecular weight excluding hydrogens is 328 g/mol. The SMILES string of the molecule is CCOC(=O)C1CC(C#N)(C#N)C(c2ccccc2)=CC1c1ccco1. The average Bonchev–Trinajstić information content (AvgIpc) is 3.22. The Balaban J connectivity index is 2.18. The first-order valence-corrected chi connectivity index (χ1v) is 8.45. The summed E-state index contributed by atoms with van der Waals surface area (Å²) in [6, 6.07) is 17.1. The number of ether oxygens (including phenoxy) is 1. The van der Waals surface area contributed by atoms with Gasteiger partial charge >= 0.3 is 5.97 Å². The normalized spacial score (nSPS) is 21.1. The molecule has 130 valence electrons. The molecule has 0 bridgehead atoms. The van der Waals surface area contributed by atoms with Crippen LogP contribution in [-0.4, -0.2) is 12.6 Å². The lowest BCUT2D eigenvalue weighted by Crippen LogP contribution is -2.35. The quantitative estimate of drug-likeness (QED) is 0.779. The first-order valence-electron chi connectivity index (χ1n) is 8.45. The van der Waals surface area contributed by atoms with E-state index in [0.717, 1.165) is 5.56 Å². The molecule has 2 atom stereocenters. The van der Waals surface area contributed by atoms with E-state index in [0.29, 0.717) is 11.3 Å². The second kappa shape index (κ2) is 7.29. The minimum absolute atomic E-state index is 0.0604. The summed E-state index contributed by atoms with van der Waals surface area (Å²) < 4.78 is 10.7. The molecule has 1 heterocycles. The predicted molar refractivity (Wildman–Crippen MR) is 94.3 cm³/mol. The second-order valence-electron chi connectivity index (χ2n) is 6.18. The number of hydrogen-bond acceptors (Lipinski definition) is 5. The van der Waals surface area contributed by atoms with Gasteiger partial charge in [-0.3, -0.25) is 4.79 Å². The van der Waals surface area contributed by atoms with Crippen molar-refractivity contribution in [2.45, 2.75) is 19.3 Å². The van der Waals surface area contributed by atoms with Crippen LogP contribution in [0.2, 0.25) is 0 Å². The van der Waals surface area contributed by atoms with E-state index in [2.05, 4.69) is 12.1 Å². The number of benzene rings is 1. The van der Waals surface area contributed by atoms with Crippen LogP contribution >= 0.6 is 0 Å². The van der Waals surface area contributed by atoms with Crippen LogP contribution in [0, 0.1) is 34.0 Å². The van der Waals surface area contributed by atoms with Gasteiger partial charge < -0.3 is 9.15 Å². The van der Waals surface area contributed by atoms with Crippen molar-refractivity contribution in [2.24, 2.45) is 11.3 Å². The average molecular weight is 346 g/mol. The van der Waals surface area contributed by atoms with Crippen molar-refractivity contribution in [2.75, 3.05) is 6.61 Å². The first-order chi connectivity index (χ1) is 12.6. The van der Waals surface area contributed by atoms with Crippen LogP contribution in [0.5, 0.6) is 0 Å². The van der Waals surface area contributed by atoms with E-state index in [1.807, 2.05) is 36.4 Å². The molecular formula is C21H18N2O3. The summed E-state index contributed by atoms with van der Waals surface area (Å²) in [4.78, 5) is 12.6. The zero-order chi connectivity index (χ0) is 18.6. The van der Waals surface area contributed by atoms with Crippen LogP contribution in [0.4, 0.5) is 0 Å². The molecule has 0 N–H and O–H groups in total. The van der Waals surface area contributed by atoms with Gasteiger partial charge in [-0.25, -0.2) is 0 Å². The molecule has 0 spiro atoms. The van der Waals surface area contributed by atoms with Crippen molar-refractivity contribution in [3.8, 4) is 12.1 Å². The maximum absolute atomic E-state index is 12.6. The molecule has 0 saturated carbocycles. The molecule has 2 unspecified atom stereocenters. The standard InChI is InChI=1S/C21H18N2O3/c1-2-25-20(24)17-12-21(13-22,14-23)18(15-7-4-3-5-8-15)11-16(17)19-9-6-10-26-19/h3-11,16-17H,2,12H2,1H3. The maximum atomic E-state index is 12.6. The number of allylic oxidation sites excluding steroid dienone is 2. The van der Waals surface area contributed by atoms with Crippen LogP contribution < -0.4 is 0 Å². The first kappa shape index (κ1) is 17.5. The van der Waals surface area contributed by atoms with Crippen LogP contribution in [0.15, 0.2) is 59.2 Å². The third-order valence-corrected chi connectivity index (χ3v) is 4.69. The third-order valence-electron chi connectivity index (χ3n) is 4.69. The highest BCUT2D eigenvalue weighted by molar-refractivity contribution is 5.82. The zero-order valence-corrected chi connectivity index (χ0v) is 14.4. The summed E-state index contributed by atoms with van der Waals surface area (Å²) in [5.41, 5.74) is -0.0264. The van der Waals surface area contributed by atoms with Gasteiger partial charge in [0.1, 0.15) is 5.76 Å². The molecule has 1 aliphatic carbocycles. The van der Waals surface area contributed by atoms with Crippen LogP contribution in [-0.2, 0) is 9.53 Å². The molecule has 0 aliphatic heterocycles. The number of hydrogen-bond donors (Lipinski definition) is 0. The van der Waals surface area contributed by atoms with Gasteiger partial charge in [0.2, 0.25) is 0 Å². The Morgan fingerprint density at radius 3 is 2.54 bits per heavy atom. The fourth-order valence-electron chi connectivity index (χ4n) is 3.44. The van der Waals surface area contributed by atoms with Crippen molar-refractivity contribution in [3.63, 3.8) is 0 Å². The summed E-state index contributed by atoms with van der Waals surface area (Å²) in [5, 5.41) is 19.7. The predicted octanol–water partition coefficient (Wildman–Crippen LogP) is 4.06. The number of rotatable bonds is 4. The van der Waals surface area contributed by atoms with E-state index in [1.165, 1.54) is 0 Å². The van der Waals surface area contributed by atoms with Gasteiger partial charge in [-0.05, 0) is 36.6 Å². The molecule has 3 rings (SSSR count). The Bertz CT molecular complexity index is 872. The van der Waals surface area contributed by atoms with E-state index in [9.17, 15) is 15.3 Å². The van der Waals surface area contributed by atoms with Crippen LogP contribution in [0.25, 0.3) is 5.57 Å². The van der Waals surface area contributed by atoms with Gasteiger partial charge in [0.15, 0.2) is 5.41 Å². The fraction of sp³-hybridized carbons (Fsp3) is 0.286. The largest absolute Gasteiger partial charge is 0.469 e. The Kier molecular flexibility index (Phi) is 4.91. The molecule has 1 aliphatic rings.